The third-order valence-electron chi connectivity index (χ3n) is 3.18. The number of thiophene rings is 1. The molecule has 1 aliphatic rings. The quantitative estimate of drug-likeness (QED) is 0.785. The molecule has 1 aromatic heterocycles. The molecule has 2 unspecified atom stereocenters. The number of hydrogen-bond donors (Lipinski definition) is 0. The average Bonchev–Trinajstić information content (AvgIpc) is 2.77. The van der Waals surface area contributed by atoms with E-state index in [1.807, 2.05) is 11.4 Å². The fourth-order valence-corrected chi connectivity index (χ4v) is 3.37. The monoisotopic (exact) mass is 242 g/mol. The third-order valence-corrected chi connectivity index (χ3v) is 4.56. The van der Waals surface area contributed by atoms with E-state index in [9.17, 15) is 4.79 Å². The standard InChI is InChI=1S/C12H15ClOS/c1-8-2-3-9(6-8)11(14)7-12-10(13)4-5-15-12/h4-5,8-9H,2-3,6-7H2,1H3. The molecule has 0 radical (unpaired) electrons. The van der Waals surface area contributed by atoms with Crippen molar-refractivity contribution in [3.63, 3.8) is 0 Å². The van der Waals surface area contributed by atoms with Crippen LogP contribution in [0.4, 0.5) is 0 Å². The number of rotatable bonds is 3. The zero-order valence-corrected chi connectivity index (χ0v) is 10.4. The molecule has 1 fully saturated rings. The lowest BCUT2D eigenvalue weighted by molar-refractivity contribution is -0.122. The number of hydrogen-bond acceptors (Lipinski definition) is 2. The first kappa shape index (κ1) is 11.2. The Morgan fingerprint density at radius 3 is 2.93 bits per heavy atom. The first-order valence-electron chi connectivity index (χ1n) is 5.41. The van der Waals surface area contributed by atoms with E-state index in [1.165, 1.54) is 6.42 Å². The molecule has 1 heterocycles. The van der Waals surface area contributed by atoms with Crippen molar-refractivity contribution < 1.29 is 4.79 Å². The predicted molar refractivity (Wildman–Crippen MR) is 64.5 cm³/mol. The Morgan fingerprint density at radius 1 is 1.60 bits per heavy atom. The smallest absolute Gasteiger partial charge is 0.141 e. The van der Waals surface area contributed by atoms with Crippen molar-refractivity contribution in [3.05, 3.63) is 21.3 Å². The molecular formula is C12H15ClOS. The SMILES string of the molecule is CC1CCC(C(=O)Cc2sccc2Cl)C1. The Hall–Kier alpha value is -0.340. The molecule has 0 aliphatic heterocycles. The molecule has 15 heavy (non-hydrogen) atoms. The first-order chi connectivity index (χ1) is 7.16. The van der Waals surface area contributed by atoms with Crippen LogP contribution in [0.15, 0.2) is 11.4 Å². The molecule has 1 saturated carbocycles. The van der Waals surface area contributed by atoms with E-state index < -0.39 is 0 Å². The molecule has 0 bridgehead atoms. The normalized spacial score (nSPS) is 25.7. The van der Waals surface area contributed by atoms with Gasteiger partial charge in [-0.1, -0.05) is 18.5 Å². The lowest BCUT2D eigenvalue weighted by atomic mass is 9.98. The van der Waals surface area contributed by atoms with Crippen molar-refractivity contribution in [2.24, 2.45) is 11.8 Å². The fraction of sp³-hybridized carbons (Fsp3) is 0.583. The topological polar surface area (TPSA) is 17.1 Å². The number of carbonyl (C=O) groups excluding carboxylic acids is 1. The van der Waals surface area contributed by atoms with Gasteiger partial charge < -0.3 is 0 Å². The van der Waals surface area contributed by atoms with Gasteiger partial charge in [-0.25, -0.2) is 0 Å². The van der Waals surface area contributed by atoms with Gasteiger partial charge in [0.1, 0.15) is 5.78 Å². The van der Waals surface area contributed by atoms with E-state index in [-0.39, 0.29) is 5.92 Å². The first-order valence-corrected chi connectivity index (χ1v) is 6.67. The summed E-state index contributed by atoms with van der Waals surface area (Å²) in [4.78, 5) is 13.0. The van der Waals surface area contributed by atoms with Crippen LogP contribution in [0.25, 0.3) is 0 Å². The zero-order chi connectivity index (χ0) is 10.8. The van der Waals surface area contributed by atoms with Gasteiger partial charge in [-0.05, 0) is 36.6 Å². The van der Waals surface area contributed by atoms with Crippen LogP contribution in [0.3, 0.4) is 0 Å². The van der Waals surface area contributed by atoms with Gasteiger partial charge in [0.15, 0.2) is 0 Å². The lowest BCUT2D eigenvalue weighted by Gasteiger charge is -2.07. The van der Waals surface area contributed by atoms with Crippen LogP contribution in [0.1, 0.15) is 31.1 Å². The minimum atomic E-state index is 0.290. The fourth-order valence-electron chi connectivity index (χ4n) is 2.25. The van der Waals surface area contributed by atoms with Crippen LogP contribution in [0.5, 0.6) is 0 Å². The van der Waals surface area contributed by atoms with Crippen LogP contribution in [0, 0.1) is 11.8 Å². The molecule has 0 N–H and O–H groups in total. The predicted octanol–water partition coefficient (Wildman–Crippen LogP) is 3.95. The maximum atomic E-state index is 12.0. The highest BCUT2D eigenvalue weighted by Gasteiger charge is 2.27. The van der Waals surface area contributed by atoms with Gasteiger partial charge in [-0.3, -0.25) is 4.79 Å². The Labute approximate surface area is 99.5 Å². The van der Waals surface area contributed by atoms with Crippen molar-refractivity contribution >= 4 is 28.7 Å². The molecule has 1 aliphatic carbocycles. The summed E-state index contributed by atoms with van der Waals surface area (Å²) < 4.78 is 0. The maximum Gasteiger partial charge on any atom is 0.141 e. The third kappa shape index (κ3) is 2.61. The molecular weight excluding hydrogens is 228 g/mol. The van der Waals surface area contributed by atoms with Gasteiger partial charge in [-0.15, -0.1) is 11.3 Å². The Kier molecular flexibility index (Phi) is 3.47. The minimum absolute atomic E-state index is 0.290. The van der Waals surface area contributed by atoms with Crippen LogP contribution in [-0.4, -0.2) is 5.78 Å². The van der Waals surface area contributed by atoms with E-state index in [2.05, 4.69) is 6.92 Å². The molecule has 0 saturated heterocycles. The minimum Gasteiger partial charge on any atom is -0.299 e. The summed E-state index contributed by atoms with van der Waals surface area (Å²) in [5.41, 5.74) is 0. The van der Waals surface area contributed by atoms with E-state index in [0.717, 1.165) is 28.7 Å². The Balaban J connectivity index is 1.95. The van der Waals surface area contributed by atoms with Gasteiger partial charge in [0.05, 0.1) is 5.02 Å². The largest absolute Gasteiger partial charge is 0.299 e. The molecule has 0 spiro atoms. The molecule has 2 rings (SSSR count). The second kappa shape index (κ2) is 4.67. The summed E-state index contributed by atoms with van der Waals surface area (Å²) in [6.07, 6.45) is 3.88. The second-order valence-corrected chi connectivity index (χ2v) is 5.86. The highest BCUT2D eigenvalue weighted by Crippen LogP contribution is 2.33. The van der Waals surface area contributed by atoms with Crippen LogP contribution in [0.2, 0.25) is 5.02 Å². The van der Waals surface area contributed by atoms with Crippen molar-refractivity contribution in [3.8, 4) is 0 Å². The van der Waals surface area contributed by atoms with Gasteiger partial charge >= 0.3 is 0 Å². The molecule has 0 aromatic carbocycles. The summed E-state index contributed by atoms with van der Waals surface area (Å²) in [6, 6.07) is 1.87. The summed E-state index contributed by atoms with van der Waals surface area (Å²) in [7, 11) is 0. The molecule has 0 amide bonds. The van der Waals surface area contributed by atoms with Crippen molar-refractivity contribution in [1.82, 2.24) is 0 Å². The van der Waals surface area contributed by atoms with Crippen molar-refractivity contribution in [1.29, 1.82) is 0 Å². The molecule has 1 nitrogen and oxygen atoms in total. The van der Waals surface area contributed by atoms with Crippen molar-refractivity contribution in [2.45, 2.75) is 32.6 Å². The average molecular weight is 243 g/mol. The number of Topliss-reactive ketones (excluding diaryl/α,β-unsaturated/α-hetero) is 1. The van der Waals surface area contributed by atoms with Gasteiger partial charge in [0.25, 0.3) is 0 Å². The summed E-state index contributed by atoms with van der Waals surface area (Å²) in [5.74, 6) is 1.39. The Morgan fingerprint density at radius 2 is 2.40 bits per heavy atom. The molecule has 3 heteroatoms. The highest BCUT2D eigenvalue weighted by atomic mass is 35.5. The summed E-state index contributed by atoms with van der Waals surface area (Å²) in [6.45, 7) is 2.23. The number of carbonyl (C=O) groups is 1. The molecule has 1 aromatic rings. The van der Waals surface area contributed by atoms with Gasteiger partial charge in [0, 0.05) is 17.2 Å². The van der Waals surface area contributed by atoms with Crippen LogP contribution < -0.4 is 0 Å². The van der Waals surface area contributed by atoms with E-state index >= 15 is 0 Å². The summed E-state index contributed by atoms with van der Waals surface area (Å²) in [5, 5.41) is 2.70. The summed E-state index contributed by atoms with van der Waals surface area (Å²) >= 11 is 7.56. The van der Waals surface area contributed by atoms with E-state index in [0.29, 0.717) is 12.2 Å². The van der Waals surface area contributed by atoms with Gasteiger partial charge in [-0.2, -0.15) is 0 Å². The van der Waals surface area contributed by atoms with Gasteiger partial charge in [0.2, 0.25) is 0 Å². The Bertz CT molecular complexity index is 358. The van der Waals surface area contributed by atoms with Crippen molar-refractivity contribution in [2.75, 3.05) is 0 Å². The second-order valence-electron chi connectivity index (χ2n) is 4.45. The zero-order valence-electron chi connectivity index (χ0n) is 8.83. The highest BCUT2D eigenvalue weighted by molar-refractivity contribution is 7.10. The number of ketones is 1. The van der Waals surface area contributed by atoms with Crippen LogP contribution >= 0.6 is 22.9 Å². The van der Waals surface area contributed by atoms with Crippen LogP contribution in [-0.2, 0) is 11.2 Å². The number of halogens is 1. The molecule has 82 valence electrons. The van der Waals surface area contributed by atoms with E-state index in [1.54, 1.807) is 11.3 Å². The molecule has 2 atom stereocenters. The van der Waals surface area contributed by atoms with E-state index in [4.69, 9.17) is 11.6 Å². The maximum absolute atomic E-state index is 12.0. The lowest BCUT2D eigenvalue weighted by Crippen LogP contribution is -2.13.